The van der Waals surface area contributed by atoms with E-state index in [1.807, 2.05) is 11.8 Å². The highest BCUT2D eigenvalue weighted by molar-refractivity contribution is 7.99. The Kier molecular flexibility index (Phi) is 30.2. The Labute approximate surface area is 211 Å². The number of hydrogen-bond acceptors (Lipinski definition) is 4. The molecule has 194 valence electrons. The zero-order valence-electron chi connectivity index (χ0n) is 22.2. The van der Waals surface area contributed by atoms with Crippen LogP contribution in [-0.4, -0.2) is 48.9 Å². The van der Waals surface area contributed by atoms with Gasteiger partial charge in [0.05, 0.1) is 25.9 Å². The normalized spacial score (nSPS) is 12.5. The molecule has 0 aromatic carbocycles. The predicted molar refractivity (Wildman–Crippen MR) is 151 cm³/mol. The van der Waals surface area contributed by atoms with Crippen LogP contribution in [0.2, 0.25) is 0 Å². The lowest BCUT2D eigenvalue weighted by molar-refractivity contribution is 0.0138. The van der Waals surface area contributed by atoms with E-state index in [1.54, 1.807) is 0 Å². The molecule has 0 saturated heterocycles. The standard InChI is InChI=1S/C28H58O2S2/c1-4-7-10-13-14-15-16-17-20-28(27-32-25-19-12-9-6-3)30-22-21-29-23-26-31-24-18-11-8-5-2/h28H,4-27H2,1-3H3/t28-/m1/s1. The Morgan fingerprint density at radius 1 is 0.500 bits per heavy atom. The van der Waals surface area contributed by atoms with E-state index in [1.165, 1.54) is 121 Å². The molecule has 2 nitrogen and oxygen atoms in total. The third kappa shape index (κ3) is 26.9. The second-order valence-electron chi connectivity index (χ2n) is 9.18. The van der Waals surface area contributed by atoms with Crippen molar-refractivity contribution in [2.24, 2.45) is 0 Å². The molecule has 0 radical (unpaired) electrons. The van der Waals surface area contributed by atoms with Crippen molar-refractivity contribution in [3.05, 3.63) is 0 Å². The number of rotatable bonds is 28. The first kappa shape index (κ1) is 32.6. The molecule has 0 unspecified atom stereocenters. The Bertz CT molecular complexity index is 329. The zero-order valence-corrected chi connectivity index (χ0v) is 23.8. The molecule has 0 aliphatic carbocycles. The van der Waals surface area contributed by atoms with Gasteiger partial charge in [-0.2, -0.15) is 23.5 Å². The molecule has 0 bridgehead atoms. The third-order valence-electron chi connectivity index (χ3n) is 5.92. The van der Waals surface area contributed by atoms with Crippen LogP contribution in [0.25, 0.3) is 0 Å². The van der Waals surface area contributed by atoms with Crippen molar-refractivity contribution < 1.29 is 9.47 Å². The molecule has 0 N–H and O–H groups in total. The topological polar surface area (TPSA) is 18.5 Å². The summed E-state index contributed by atoms with van der Waals surface area (Å²) < 4.78 is 12.1. The van der Waals surface area contributed by atoms with E-state index in [-0.39, 0.29) is 0 Å². The van der Waals surface area contributed by atoms with Crippen LogP contribution >= 0.6 is 23.5 Å². The Morgan fingerprint density at radius 2 is 1.03 bits per heavy atom. The van der Waals surface area contributed by atoms with Gasteiger partial charge in [-0.05, 0) is 30.8 Å². The molecule has 0 aliphatic rings. The van der Waals surface area contributed by atoms with Crippen molar-refractivity contribution in [1.29, 1.82) is 0 Å². The van der Waals surface area contributed by atoms with Gasteiger partial charge in [0.1, 0.15) is 0 Å². The molecule has 0 aromatic rings. The lowest BCUT2D eigenvalue weighted by atomic mass is 10.1. The van der Waals surface area contributed by atoms with E-state index < -0.39 is 0 Å². The van der Waals surface area contributed by atoms with Crippen LogP contribution in [0.15, 0.2) is 0 Å². The maximum absolute atomic E-state index is 6.25. The minimum Gasteiger partial charge on any atom is -0.378 e. The highest BCUT2D eigenvalue weighted by Gasteiger charge is 2.09. The largest absolute Gasteiger partial charge is 0.378 e. The number of thioether (sulfide) groups is 2. The van der Waals surface area contributed by atoms with Crippen LogP contribution in [0.4, 0.5) is 0 Å². The van der Waals surface area contributed by atoms with E-state index in [9.17, 15) is 0 Å². The maximum Gasteiger partial charge on any atom is 0.0704 e. The van der Waals surface area contributed by atoms with Gasteiger partial charge in [-0.15, -0.1) is 0 Å². The van der Waals surface area contributed by atoms with Gasteiger partial charge in [0, 0.05) is 11.5 Å². The molecule has 0 aromatic heterocycles. The Hall–Kier alpha value is 0.620. The van der Waals surface area contributed by atoms with Crippen LogP contribution in [0, 0.1) is 0 Å². The minimum absolute atomic E-state index is 0.419. The first-order valence-electron chi connectivity index (χ1n) is 14.2. The first-order valence-corrected chi connectivity index (χ1v) is 16.5. The quantitative estimate of drug-likeness (QED) is 0.102. The van der Waals surface area contributed by atoms with Crippen LogP contribution < -0.4 is 0 Å². The molecule has 0 aliphatic heterocycles. The van der Waals surface area contributed by atoms with E-state index in [2.05, 4.69) is 32.5 Å². The van der Waals surface area contributed by atoms with Crippen molar-refractivity contribution in [3.63, 3.8) is 0 Å². The van der Waals surface area contributed by atoms with E-state index >= 15 is 0 Å². The fourth-order valence-corrected chi connectivity index (χ4v) is 5.74. The number of unbranched alkanes of at least 4 members (excludes halogenated alkanes) is 13. The highest BCUT2D eigenvalue weighted by Crippen LogP contribution is 2.17. The molecule has 0 amide bonds. The lowest BCUT2D eigenvalue weighted by Crippen LogP contribution is -2.19. The summed E-state index contributed by atoms with van der Waals surface area (Å²) in [5.74, 6) is 4.87. The van der Waals surface area contributed by atoms with Crippen molar-refractivity contribution in [2.75, 3.05) is 42.8 Å². The summed E-state index contributed by atoms with van der Waals surface area (Å²) in [7, 11) is 0. The summed E-state index contributed by atoms with van der Waals surface area (Å²) in [6.07, 6.45) is 23.7. The molecule has 0 fully saturated rings. The van der Waals surface area contributed by atoms with Gasteiger partial charge in [0.25, 0.3) is 0 Å². The monoisotopic (exact) mass is 490 g/mol. The second kappa shape index (κ2) is 29.7. The Morgan fingerprint density at radius 3 is 1.66 bits per heavy atom. The summed E-state index contributed by atoms with van der Waals surface area (Å²) in [5, 5.41) is 0. The van der Waals surface area contributed by atoms with Crippen LogP contribution in [0.1, 0.15) is 130 Å². The lowest BCUT2D eigenvalue weighted by Gasteiger charge is -2.18. The summed E-state index contributed by atoms with van der Waals surface area (Å²) in [5.41, 5.74) is 0. The molecule has 1 atom stereocenters. The van der Waals surface area contributed by atoms with Crippen LogP contribution in [-0.2, 0) is 9.47 Å². The van der Waals surface area contributed by atoms with Gasteiger partial charge in [-0.25, -0.2) is 0 Å². The van der Waals surface area contributed by atoms with Gasteiger partial charge in [0.15, 0.2) is 0 Å². The third-order valence-corrected chi connectivity index (χ3v) is 8.14. The van der Waals surface area contributed by atoms with Gasteiger partial charge in [-0.3, -0.25) is 0 Å². The van der Waals surface area contributed by atoms with Crippen molar-refractivity contribution in [3.8, 4) is 0 Å². The molecular formula is C28H58O2S2. The summed E-state index contributed by atoms with van der Waals surface area (Å²) in [6, 6.07) is 0. The molecule has 0 spiro atoms. The molecule has 0 rings (SSSR count). The molecule has 32 heavy (non-hydrogen) atoms. The maximum atomic E-state index is 6.25. The minimum atomic E-state index is 0.419. The van der Waals surface area contributed by atoms with Crippen molar-refractivity contribution >= 4 is 23.5 Å². The van der Waals surface area contributed by atoms with Crippen molar-refractivity contribution in [2.45, 2.75) is 136 Å². The SMILES string of the molecule is CCCCCCCCCC[C@H](CSCCCCCC)OCCOCCSCCCCCC. The summed E-state index contributed by atoms with van der Waals surface area (Å²) in [4.78, 5) is 0. The summed E-state index contributed by atoms with van der Waals surface area (Å²) >= 11 is 4.14. The molecule has 0 heterocycles. The Balaban J connectivity index is 3.77. The molecular weight excluding hydrogens is 432 g/mol. The summed E-state index contributed by atoms with van der Waals surface area (Å²) in [6.45, 7) is 9.24. The van der Waals surface area contributed by atoms with Gasteiger partial charge < -0.3 is 9.47 Å². The number of hydrogen-bond donors (Lipinski definition) is 0. The van der Waals surface area contributed by atoms with Gasteiger partial charge >= 0.3 is 0 Å². The van der Waals surface area contributed by atoms with Gasteiger partial charge in [-0.1, -0.05) is 111 Å². The average molecular weight is 491 g/mol. The van der Waals surface area contributed by atoms with Crippen LogP contribution in [0.3, 0.4) is 0 Å². The molecule has 0 saturated carbocycles. The fourth-order valence-electron chi connectivity index (χ4n) is 3.79. The van der Waals surface area contributed by atoms with Crippen molar-refractivity contribution in [1.82, 2.24) is 0 Å². The second-order valence-corrected chi connectivity index (χ2v) is 11.6. The van der Waals surface area contributed by atoms with E-state index in [0.717, 1.165) is 31.3 Å². The number of ether oxygens (including phenoxy) is 2. The highest BCUT2D eigenvalue weighted by atomic mass is 32.2. The molecule has 4 heteroatoms. The van der Waals surface area contributed by atoms with E-state index in [0.29, 0.717) is 6.10 Å². The van der Waals surface area contributed by atoms with E-state index in [4.69, 9.17) is 9.47 Å². The van der Waals surface area contributed by atoms with Gasteiger partial charge in [0.2, 0.25) is 0 Å². The first-order chi connectivity index (χ1) is 15.8. The smallest absolute Gasteiger partial charge is 0.0704 e. The average Bonchev–Trinajstić information content (AvgIpc) is 2.80. The zero-order chi connectivity index (χ0) is 23.4. The van der Waals surface area contributed by atoms with Crippen LogP contribution in [0.5, 0.6) is 0 Å². The predicted octanol–water partition coefficient (Wildman–Crippen LogP) is 9.55. The fraction of sp³-hybridized carbons (Fsp3) is 1.00.